The van der Waals surface area contributed by atoms with Crippen molar-refractivity contribution in [2.75, 3.05) is 0 Å². The SMILES string of the molecule is O=CC#Cc1cnc(C(F)(F)F)nc1. The lowest BCUT2D eigenvalue weighted by atomic mass is 10.3. The van der Waals surface area contributed by atoms with E-state index in [-0.39, 0.29) is 5.56 Å². The first-order chi connectivity index (χ1) is 6.54. The Bertz CT molecular complexity index is 386. The van der Waals surface area contributed by atoms with Crippen LogP contribution < -0.4 is 0 Å². The van der Waals surface area contributed by atoms with Gasteiger partial charge in [-0.05, 0) is 5.92 Å². The van der Waals surface area contributed by atoms with Crippen LogP contribution >= 0.6 is 0 Å². The zero-order valence-corrected chi connectivity index (χ0v) is 6.67. The lowest BCUT2D eigenvalue weighted by molar-refractivity contribution is -0.145. The highest BCUT2D eigenvalue weighted by atomic mass is 19.4. The van der Waals surface area contributed by atoms with Crippen LogP contribution in [0.5, 0.6) is 0 Å². The molecule has 0 spiro atoms. The fraction of sp³-hybridized carbons (Fsp3) is 0.125. The Kier molecular flexibility index (Phi) is 2.82. The van der Waals surface area contributed by atoms with Crippen LogP contribution in [-0.4, -0.2) is 16.3 Å². The molecule has 0 aromatic carbocycles. The summed E-state index contributed by atoms with van der Waals surface area (Å²) in [5.74, 6) is 3.07. The fourth-order valence-electron chi connectivity index (χ4n) is 0.652. The Labute approximate surface area is 77.0 Å². The van der Waals surface area contributed by atoms with Gasteiger partial charge in [-0.3, -0.25) is 4.79 Å². The van der Waals surface area contributed by atoms with E-state index >= 15 is 0 Å². The van der Waals surface area contributed by atoms with Crippen molar-refractivity contribution in [2.24, 2.45) is 0 Å². The summed E-state index contributed by atoms with van der Waals surface area (Å²) in [7, 11) is 0. The number of aromatic nitrogens is 2. The van der Waals surface area contributed by atoms with E-state index in [1.807, 2.05) is 5.92 Å². The monoisotopic (exact) mass is 200 g/mol. The van der Waals surface area contributed by atoms with Gasteiger partial charge in [0.05, 0.1) is 5.56 Å². The van der Waals surface area contributed by atoms with Crippen molar-refractivity contribution in [1.82, 2.24) is 9.97 Å². The number of alkyl halides is 3. The first kappa shape index (κ1) is 10.2. The van der Waals surface area contributed by atoms with Crippen molar-refractivity contribution in [2.45, 2.75) is 6.18 Å². The van der Waals surface area contributed by atoms with Gasteiger partial charge >= 0.3 is 6.18 Å². The molecule has 0 fully saturated rings. The predicted octanol–water partition coefficient (Wildman–Crippen LogP) is 1.05. The number of carbonyl (C=O) groups excluding carboxylic acids is 1. The third kappa shape index (κ3) is 2.55. The number of aldehydes is 1. The van der Waals surface area contributed by atoms with Gasteiger partial charge in [-0.1, -0.05) is 5.92 Å². The normalized spacial score (nSPS) is 10.2. The summed E-state index contributed by atoms with van der Waals surface area (Å²) in [5.41, 5.74) is 0.158. The minimum atomic E-state index is -4.56. The number of nitrogens with zero attached hydrogens (tertiary/aromatic N) is 2. The molecular weight excluding hydrogens is 197 g/mol. The molecule has 0 unspecified atom stereocenters. The first-order valence-corrected chi connectivity index (χ1v) is 3.38. The average molecular weight is 200 g/mol. The number of carbonyl (C=O) groups is 1. The summed E-state index contributed by atoms with van der Waals surface area (Å²) in [6, 6.07) is 0. The van der Waals surface area contributed by atoms with Crippen molar-refractivity contribution >= 4 is 6.29 Å². The van der Waals surface area contributed by atoms with Crippen molar-refractivity contribution in [3.63, 3.8) is 0 Å². The molecule has 3 nitrogen and oxygen atoms in total. The zero-order chi connectivity index (χ0) is 10.6. The van der Waals surface area contributed by atoms with E-state index in [9.17, 15) is 18.0 Å². The highest BCUT2D eigenvalue weighted by Crippen LogP contribution is 2.25. The molecule has 0 N–H and O–H groups in total. The quantitative estimate of drug-likeness (QED) is 0.464. The summed E-state index contributed by atoms with van der Waals surface area (Å²) in [5, 5.41) is 0. The summed E-state index contributed by atoms with van der Waals surface area (Å²) < 4.78 is 35.9. The maximum absolute atomic E-state index is 12.0. The van der Waals surface area contributed by atoms with Gasteiger partial charge in [-0.15, -0.1) is 0 Å². The van der Waals surface area contributed by atoms with Crippen molar-refractivity contribution in [3.05, 3.63) is 23.8 Å². The van der Waals surface area contributed by atoms with E-state index in [0.29, 0.717) is 6.29 Å². The molecule has 0 radical (unpaired) electrons. The highest BCUT2D eigenvalue weighted by Gasteiger charge is 2.34. The van der Waals surface area contributed by atoms with Gasteiger partial charge in [0, 0.05) is 12.4 Å². The van der Waals surface area contributed by atoms with Crippen LogP contribution in [0, 0.1) is 11.8 Å². The maximum Gasteiger partial charge on any atom is 0.451 e. The second-order valence-corrected chi connectivity index (χ2v) is 2.18. The molecule has 0 aliphatic heterocycles. The number of hydrogen-bond donors (Lipinski definition) is 0. The summed E-state index contributed by atoms with van der Waals surface area (Å²) in [6.07, 6.45) is -2.41. The van der Waals surface area contributed by atoms with E-state index in [4.69, 9.17) is 0 Å². The molecular formula is C8H3F3N2O. The second kappa shape index (κ2) is 3.87. The minimum Gasteiger partial charge on any atom is -0.289 e. The van der Waals surface area contributed by atoms with Gasteiger partial charge in [0.1, 0.15) is 0 Å². The van der Waals surface area contributed by atoms with Gasteiger partial charge < -0.3 is 0 Å². The lowest BCUT2D eigenvalue weighted by Gasteiger charge is -2.02. The molecule has 1 aromatic rings. The molecule has 6 heteroatoms. The fourth-order valence-corrected chi connectivity index (χ4v) is 0.652. The van der Waals surface area contributed by atoms with Gasteiger partial charge in [-0.2, -0.15) is 13.2 Å². The van der Waals surface area contributed by atoms with E-state index in [1.165, 1.54) is 0 Å². The summed E-state index contributed by atoms with van der Waals surface area (Å²) in [4.78, 5) is 15.9. The van der Waals surface area contributed by atoms with E-state index in [0.717, 1.165) is 12.4 Å². The molecule has 0 atom stereocenters. The lowest BCUT2D eigenvalue weighted by Crippen LogP contribution is -2.10. The molecule has 72 valence electrons. The topological polar surface area (TPSA) is 42.9 Å². The van der Waals surface area contributed by atoms with Crippen molar-refractivity contribution in [1.29, 1.82) is 0 Å². The number of hydrogen-bond acceptors (Lipinski definition) is 3. The van der Waals surface area contributed by atoms with Crippen molar-refractivity contribution in [3.8, 4) is 11.8 Å². The van der Waals surface area contributed by atoms with Gasteiger partial charge in [0.2, 0.25) is 5.82 Å². The Balaban J connectivity index is 2.95. The Hall–Kier alpha value is -1.90. The molecule has 1 rings (SSSR count). The largest absolute Gasteiger partial charge is 0.451 e. The highest BCUT2D eigenvalue weighted by molar-refractivity contribution is 5.73. The van der Waals surface area contributed by atoms with E-state index < -0.39 is 12.0 Å². The van der Waals surface area contributed by atoms with Crippen LogP contribution in [-0.2, 0) is 11.0 Å². The summed E-state index contributed by atoms with van der Waals surface area (Å²) in [6.45, 7) is 0. The third-order valence-electron chi connectivity index (χ3n) is 1.18. The maximum atomic E-state index is 12.0. The van der Waals surface area contributed by atoms with Crippen LogP contribution in [0.4, 0.5) is 13.2 Å². The van der Waals surface area contributed by atoms with Crippen LogP contribution in [0.15, 0.2) is 12.4 Å². The molecule has 14 heavy (non-hydrogen) atoms. The standard InChI is InChI=1S/C8H3F3N2O/c9-8(10,11)7-12-4-6(5-13-7)2-1-3-14/h3-5H. The summed E-state index contributed by atoms with van der Waals surface area (Å²) >= 11 is 0. The smallest absolute Gasteiger partial charge is 0.289 e. The molecule has 0 saturated heterocycles. The van der Waals surface area contributed by atoms with E-state index in [2.05, 4.69) is 15.9 Å². The predicted molar refractivity (Wildman–Crippen MR) is 40.0 cm³/mol. The number of rotatable bonds is 0. The van der Waals surface area contributed by atoms with E-state index in [1.54, 1.807) is 0 Å². The molecule has 0 saturated carbocycles. The number of halogens is 3. The molecule has 0 bridgehead atoms. The minimum absolute atomic E-state index is 0.158. The molecule has 1 aromatic heterocycles. The Morgan fingerprint density at radius 2 is 1.86 bits per heavy atom. The van der Waals surface area contributed by atoms with Gasteiger partial charge in [-0.25, -0.2) is 9.97 Å². The van der Waals surface area contributed by atoms with Gasteiger partial charge in [0.15, 0.2) is 6.29 Å². The zero-order valence-electron chi connectivity index (χ0n) is 6.67. The van der Waals surface area contributed by atoms with Crippen LogP contribution in [0.1, 0.15) is 11.4 Å². The first-order valence-electron chi connectivity index (χ1n) is 3.38. The third-order valence-corrected chi connectivity index (χ3v) is 1.18. The Morgan fingerprint density at radius 1 is 1.29 bits per heavy atom. The molecule has 0 aliphatic carbocycles. The second-order valence-electron chi connectivity index (χ2n) is 2.18. The average Bonchev–Trinajstić information content (AvgIpc) is 2.14. The molecule has 0 aliphatic rings. The molecule has 1 heterocycles. The van der Waals surface area contributed by atoms with Crippen molar-refractivity contribution < 1.29 is 18.0 Å². The Morgan fingerprint density at radius 3 is 2.29 bits per heavy atom. The van der Waals surface area contributed by atoms with Crippen LogP contribution in [0.3, 0.4) is 0 Å². The van der Waals surface area contributed by atoms with Crippen LogP contribution in [0.25, 0.3) is 0 Å². The van der Waals surface area contributed by atoms with Crippen LogP contribution in [0.2, 0.25) is 0 Å². The van der Waals surface area contributed by atoms with Gasteiger partial charge in [0.25, 0.3) is 0 Å². The molecule has 0 amide bonds.